The second-order valence-electron chi connectivity index (χ2n) is 5.53. The number of thioether (sulfide) groups is 2. The molecule has 0 atom stereocenters. The third-order valence-corrected chi connectivity index (χ3v) is 8.03. The van der Waals surface area contributed by atoms with Crippen molar-refractivity contribution in [2.45, 2.75) is 4.90 Å². The van der Waals surface area contributed by atoms with Crippen LogP contribution < -0.4 is 0 Å². The summed E-state index contributed by atoms with van der Waals surface area (Å²) < 4.78 is 40.6. The van der Waals surface area contributed by atoms with Crippen LogP contribution in [0.3, 0.4) is 0 Å². The molecule has 0 aromatic heterocycles. The minimum Gasteiger partial charge on any atom is -0.339 e. The van der Waals surface area contributed by atoms with Crippen molar-refractivity contribution >= 4 is 43.8 Å². The van der Waals surface area contributed by atoms with Crippen LogP contribution in [0.4, 0.5) is 4.39 Å². The zero-order valence-corrected chi connectivity index (χ0v) is 15.9. The number of hydrogen-bond acceptors (Lipinski definition) is 6. The average molecular weight is 404 g/mol. The Bertz CT molecular complexity index is 777. The third-order valence-electron chi connectivity index (χ3n) is 3.90. The summed E-state index contributed by atoms with van der Waals surface area (Å²) in [5.74, 6) is 0.693. The van der Waals surface area contributed by atoms with Crippen LogP contribution in [0.2, 0.25) is 0 Å². The lowest BCUT2D eigenvalue weighted by atomic mass is 10.3. The second kappa shape index (κ2) is 8.07. The molecule has 136 valence electrons. The summed E-state index contributed by atoms with van der Waals surface area (Å²) in [4.78, 5) is 18.2. The minimum absolute atomic E-state index is 0.0111. The van der Waals surface area contributed by atoms with E-state index in [0.29, 0.717) is 18.8 Å². The molecule has 2 aliphatic heterocycles. The highest BCUT2D eigenvalue weighted by atomic mass is 32.2. The molecule has 1 saturated heterocycles. The van der Waals surface area contributed by atoms with Gasteiger partial charge >= 0.3 is 0 Å². The van der Waals surface area contributed by atoms with Gasteiger partial charge in [0.05, 0.1) is 17.2 Å². The smallest absolute Gasteiger partial charge is 0.243 e. The van der Waals surface area contributed by atoms with E-state index in [2.05, 4.69) is 4.99 Å². The van der Waals surface area contributed by atoms with Crippen LogP contribution in [0.5, 0.6) is 0 Å². The van der Waals surface area contributed by atoms with Crippen LogP contribution in [-0.4, -0.2) is 72.1 Å². The van der Waals surface area contributed by atoms with Gasteiger partial charge in [0.25, 0.3) is 0 Å². The largest absolute Gasteiger partial charge is 0.339 e. The Kier molecular flexibility index (Phi) is 6.03. The lowest BCUT2D eigenvalue weighted by Crippen LogP contribution is -2.51. The first kappa shape index (κ1) is 18.7. The van der Waals surface area contributed by atoms with E-state index >= 15 is 0 Å². The molecule has 2 heterocycles. The fourth-order valence-corrected chi connectivity index (χ4v) is 5.94. The predicted octanol–water partition coefficient (Wildman–Crippen LogP) is 1.49. The normalized spacial score (nSPS) is 19.1. The number of aliphatic imine (C=N–C) groups is 1. The first-order valence-electron chi connectivity index (χ1n) is 7.80. The van der Waals surface area contributed by atoms with Crippen molar-refractivity contribution in [2.24, 2.45) is 4.99 Å². The topological polar surface area (TPSA) is 70.1 Å². The Hall–Kier alpha value is -1.10. The van der Waals surface area contributed by atoms with E-state index in [9.17, 15) is 17.6 Å². The van der Waals surface area contributed by atoms with Crippen molar-refractivity contribution in [3.8, 4) is 0 Å². The molecule has 25 heavy (non-hydrogen) atoms. The predicted molar refractivity (Wildman–Crippen MR) is 99.0 cm³/mol. The van der Waals surface area contributed by atoms with Crippen LogP contribution in [0.1, 0.15) is 0 Å². The Labute approximate surface area is 154 Å². The van der Waals surface area contributed by atoms with Gasteiger partial charge < -0.3 is 4.90 Å². The lowest BCUT2D eigenvalue weighted by Gasteiger charge is -2.34. The molecular formula is C15H18FN3O3S3. The fraction of sp³-hybridized carbons (Fsp3) is 0.467. The number of carbonyl (C=O) groups excluding carboxylic acids is 1. The van der Waals surface area contributed by atoms with E-state index < -0.39 is 15.8 Å². The van der Waals surface area contributed by atoms with Gasteiger partial charge in [-0.25, -0.2) is 12.8 Å². The average Bonchev–Trinajstić information content (AvgIpc) is 3.13. The monoisotopic (exact) mass is 403 g/mol. The highest BCUT2D eigenvalue weighted by Gasteiger charge is 2.30. The van der Waals surface area contributed by atoms with Crippen LogP contribution in [0.25, 0.3) is 0 Å². The van der Waals surface area contributed by atoms with Crippen LogP contribution in [-0.2, 0) is 14.8 Å². The van der Waals surface area contributed by atoms with Crippen molar-refractivity contribution in [3.63, 3.8) is 0 Å². The van der Waals surface area contributed by atoms with Gasteiger partial charge in [-0.15, -0.1) is 0 Å². The van der Waals surface area contributed by atoms with E-state index in [1.165, 1.54) is 34.3 Å². The molecule has 3 rings (SSSR count). The summed E-state index contributed by atoms with van der Waals surface area (Å²) in [7, 11) is -3.73. The molecule has 0 saturated carbocycles. The quantitative estimate of drug-likeness (QED) is 0.762. The summed E-state index contributed by atoms with van der Waals surface area (Å²) in [5.41, 5.74) is 0. The molecule has 0 N–H and O–H groups in total. The summed E-state index contributed by atoms with van der Waals surface area (Å²) in [6.45, 7) is 1.91. The number of sulfonamides is 1. The van der Waals surface area contributed by atoms with Gasteiger partial charge in [-0.05, 0) is 18.2 Å². The highest BCUT2D eigenvalue weighted by molar-refractivity contribution is 8.39. The first-order valence-corrected chi connectivity index (χ1v) is 11.2. The Morgan fingerprint density at radius 2 is 2.04 bits per heavy atom. The number of piperazine rings is 1. The molecule has 0 spiro atoms. The Balaban J connectivity index is 1.55. The number of carbonyl (C=O) groups is 1. The zero-order chi connectivity index (χ0) is 17.9. The molecule has 1 fully saturated rings. The van der Waals surface area contributed by atoms with Gasteiger partial charge in [-0.2, -0.15) is 4.31 Å². The SMILES string of the molecule is O=C(CSC1=NCCS1)N1CCN(S(=O)(=O)c2cccc(F)c2)CC1. The van der Waals surface area contributed by atoms with Gasteiger partial charge in [0.1, 0.15) is 10.2 Å². The van der Waals surface area contributed by atoms with Gasteiger partial charge in [-0.1, -0.05) is 29.6 Å². The summed E-state index contributed by atoms with van der Waals surface area (Å²) in [6.07, 6.45) is 0. The number of nitrogens with zero attached hydrogens (tertiary/aromatic N) is 3. The fourth-order valence-electron chi connectivity index (χ4n) is 2.57. The number of hydrogen-bond donors (Lipinski definition) is 0. The van der Waals surface area contributed by atoms with Crippen LogP contribution in [0, 0.1) is 5.82 Å². The van der Waals surface area contributed by atoms with E-state index in [0.717, 1.165) is 22.7 Å². The summed E-state index contributed by atoms with van der Waals surface area (Å²) >= 11 is 3.10. The van der Waals surface area contributed by atoms with Crippen molar-refractivity contribution in [2.75, 3.05) is 44.2 Å². The molecule has 1 aromatic rings. The van der Waals surface area contributed by atoms with Gasteiger partial charge in [-0.3, -0.25) is 9.79 Å². The molecule has 0 bridgehead atoms. The van der Waals surface area contributed by atoms with E-state index in [4.69, 9.17) is 0 Å². The molecule has 6 nitrogen and oxygen atoms in total. The third kappa shape index (κ3) is 4.55. The first-order chi connectivity index (χ1) is 12.0. The minimum atomic E-state index is -3.73. The molecule has 1 amide bonds. The second-order valence-corrected chi connectivity index (χ2v) is 9.77. The maximum Gasteiger partial charge on any atom is 0.243 e. The van der Waals surface area contributed by atoms with Gasteiger partial charge in [0.2, 0.25) is 15.9 Å². The van der Waals surface area contributed by atoms with Gasteiger partial charge in [0, 0.05) is 31.9 Å². The number of amides is 1. The molecule has 0 unspecified atom stereocenters. The van der Waals surface area contributed by atoms with Crippen LogP contribution >= 0.6 is 23.5 Å². The van der Waals surface area contributed by atoms with Crippen LogP contribution in [0.15, 0.2) is 34.2 Å². The summed E-state index contributed by atoms with van der Waals surface area (Å²) in [5, 5.41) is 0. The van der Waals surface area contributed by atoms with E-state index in [1.54, 1.807) is 16.7 Å². The Morgan fingerprint density at radius 1 is 1.28 bits per heavy atom. The van der Waals surface area contributed by atoms with E-state index in [-0.39, 0.29) is 23.9 Å². The zero-order valence-electron chi connectivity index (χ0n) is 13.4. The standard InChI is InChI=1S/C15H18FN3O3S3/c16-12-2-1-3-13(10-12)25(21,22)19-7-5-18(6-8-19)14(20)11-24-15-17-4-9-23-15/h1-3,10H,4-9,11H2. The molecule has 0 radical (unpaired) electrons. The number of benzene rings is 1. The summed E-state index contributed by atoms with van der Waals surface area (Å²) in [6, 6.07) is 4.99. The van der Waals surface area contributed by atoms with Crippen molar-refractivity contribution in [3.05, 3.63) is 30.1 Å². The maximum atomic E-state index is 13.3. The molecular weight excluding hydrogens is 385 g/mol. The van der Waals surface area contributed by atoms with Crippen molar-refractivity contribution < 1.29 is 17.6 Å². The number of rotatable bonds is 4. The number of halogens is 1. The van der Waals surface area contributed by atoms with Crippen molar-refractivity contribution in [1.29, 1.82) is 0 Å². The lowest BCUT2D eigenvalue weighted by molar-refractivity contribution is -0.129. The molecule has 2 aliphatic rings. The molecule has 0 aliphatic carbocycles. The Morgan fingerprint density at radius 3 is 2.68 bits per heavy atom. The van der Waals surface area contributed by atoms with Crippen molar-refractivity contribution in [1.82, 2.24) is 9.21 Å². The van der Waals surface area contributed by atoms with Gasteiger partial charge in [0.15, 0.2) is 0 Å². The maximum absolute atomic E-state index is 13.3. The highest BCUT2D eigenvalue weighted by Crippen LogP contribution is 2.23. The molecule has 10 heteroatoms. The molecule has 1 aromatic carbocycles. The van der Waals surface area contributed by atoms with E-state index in [1.807, 2.05) is 0 Å².